The van der Waals surface area contributed by atoms with Gasteiger partial charge in [0.05, 0.1) is 31.5 Å². The molecule has 1 aromatic carbocycles. The molecule has 8 heteroatoms. The van der Waals surface area contributed by atoms with Crippen molar-refractivity contribution in [1.29, 1.82) is 0 Å². The number of fused-ring (bicyclic) bond motifs is 3. The predicted octanol–water partition coefficient (Wildman–Crippen LogP) is 2.00. The molecule has 8 nitrogen and oxygen atoms in total. The number of morpholine rings is 1. The fraction of sp³-hybridized carbons (Fsp3) is 0.391. The van der Waals surface area contributed by atoms with Crippen LogP contribution >= 0.6 is 0 Å². The molecule has 0 atom stereocenters. The summed E-state index contributed by atoms with van der Waals surface area (Å²) in [6.45, 7) is 5.73. The largest absolute Gasteiger partial charge is 0.379 e. The van der Waals surface area contributed by atoms with Crippen LogP contribution in [-0.2, 0) is 29.5 Å². The van der Waals surface area contributed by atoms with Crippen molar-refractivity contribution in [2.75, 3.05) is 44.7 Å². The number of nitrogens with zero attached hydrogens (tertiary/aromatic N) is 3. The summed E-state index contributed by atoms with van der Waals surface area (Å²) in [5.41, 5.74) is 6.57. The number of aromatic nitrogens is 3. The third kappa shape index (κ3) is 4.22. The molecule has 1 amide bonds. The maximum Gasteiger partial charge on any atom is 0.224 e. The first-order chi connectivity index (χ1) is 15.2. The van der Waals surface area contributed by atoms with Crippen molar-refractivity contribution in [2.45, 2.75) is 13.0 Å². The van der Waals surface area contributed by atoms with Gasteiger partial charge in [-0.25, -0.2) is 0 Å². The molecule has 0 aliphatic carbocycles. The number of ether oxygens (including phenoxy) is 1. The highest BCUT2D eigenvalue weighted by atomic mass is 16.5. The second kappa shape index (κ2) is 8.56. The quantitative estimate of drug-likeness (QED) is 0.568. The summed E-state index contributed by atoms with van der Waals surface area (Å²) in [7, 11) is 1.97. The maximum atomic E-state index is 12.4. The minimum absolute atomic E-state index is 0.0531. The Labute approximate surface area is 181 Å². The van der Waals surface area contributed by atoms with E-state index >= 15 is 0 Å². The number of nitrogens with one attached hydrogen (secondary N) is 3. The molecule has 0 bridgehead atoms. The Balaban J connectivity index is 1.24. The third-order valence-corrected chi connectivity index (χ3v) is 6.00. The molecule has 3 aromatic rings. The Kier molecular flexibility index (Phi) is 5.48. The number of anilines is 1. The van der Waals surface area contributed by atoms with Crippen LogP contribution in [0.4, 0.5) is 5.82 Å². The molecule has 2 aliphatic rings. The number of aromatic amines is 1. The van der Waals surface area contributed by atoms with Crippen molar-refractivity contribution in [2.24, 2.45) is 7.05 Å². The van der Waals surface area contributed by atoms with E-state index in [0.29, 0.717) is 13.0 Å². The number of rotatable bonds is 6. The van der Waals surface area contributed by atoms with E-state index in [2.05, 4.69) is 43.8 Å². The molecule has 4 heterocycles. The number of carbonyl (C=O) groups excluding carboxylic acids is 1. The van der Waals surface area contributed by atoms with Crippen molar-refractivity contribution >= 4 is 11.7 Å². The van der Waals surface area contributed by atoms with Crippen molar-refractivity contribution in [3.05, 3.63) is 47.7 Å². The minimum Gasteiger partial charge on any atom is -0.379 e. The first kappa shape index (κ1) is 19.8. The highest BCUT2D eigenvalue weighted by Crippen LogP contribution is 2.38. The molecule has 3 N–H and O–H groups in total. The van der Waals surface area contributed by atoms with E-state index in [9.17, 15) is 4.79 Å². The summed E-state index contributed by atoms with van der Waals surface area (Å²) < 4.78 is 7.28. The molecule has 2 aliphatic heterocycles. The normalized spacial score (nSPS) is 15.8. The zero-order valence-electron chi connectivity index (χ0n) is 17.8. The summed E-state index contributed by atoms with van der Waals surface area (Å²) in [5.74, 6) is 1.06. The molecule has 0 saturated carbocycles. The lowest BCUT2D eigenvalue weighted by molar-refractivity contribution is -0.120. The molecule has 162 valence electrons. The SMILES string of the molecule is Cn1ncc2c1-c1cc(-c3cccc(CC(=O)NCCN4CCOCC4)c3)[nH]c1NC2. The van der Waals surface area contributed by atoms with Gasteiger partial charge in [0.15, 0.2) is 0 Å². The number of carbonyl (C=O) groups is 1. The van der Waals surface area contributed by atoms with Gasteiger partial charge in [-0.2, -0.15) is 5.10 Å². The van der Waals surface area contributed by atoms with Crippen LogP contribution < -0.4 is 10.6 Å². The maximum absolute atomic E-state index is 12.4. The van der Waals surface area contributed by atoms with Gasteiger partial charge in [0.25, 0.3) is 0 Å². The van der Waals surface area contributed by atoms with Crippen LogP contribution in [0, 0.1) is 0 Å². The molecule has 31 heavy (non-hydrogen) atoms. The van der Waals surface area contributed by atoms with Crippen molar-refractivity contribution in [1.82, 2.24) is 25.0 Å². The van der Waals surface area contributed by atoms with Crippen LogP contribution in [0.2, 0.25) is 0 Å². The molecule has 0 radical (unpaired) electrons. The summed E-state index contributed by atoms with van der Waals surface area (Å²) >= 11 is 0. The molecule has 1 fully saturated rings. The van der Waals surface area contributed by atoms with Crippen LogP contribution in [0.5, 0.6) is 0 Å². The monoisotopic (exact) mass is 420 g/mol. The van der Waals surface area contributed by atoms with E-state index in [1.54, 1.807) is 0 Å². The highest BCUT2D eigenvalue weighted by Gasteiger charge is 2.22. The topological polar surface area (TPSA) is 87.2 Å². The third-order valence-electron chi connectivity index (χ3n) is 6.00. The number of hydrogen-bond acceptors (Lipinski definition) is 5. The molecule has 5 rings (SSSR count). The number of aryl methyl sites for hydroxylation is 1. The van der Waals surface area contributed by atoms with E-state index < -0.39 is 0 Å². The molecule has 2 aromatic heterocycles. The summed E-state index contributed by atoms with van der Waals surface area (Å²) in [5, 5.41) is 10.9. The van der Waals surface area contributed by atoms with Gasteiger partial charge in [0.1, 0.15) is 5.82 Å². The van der Waals surface area contributed by atoms with Gasteiger partial charge in [-0.1, -0.05) is 18.2 Å². The van der Waals surface area contributed by atoms with Gasteiger partial charge in [-0.05, 0) is 23.3 Å². The number of H-pyrrole nitrogens is 1. The Morgan fingerprint density at radius 3 is 3.00 bits per heavy atom. The lowest BCUT2D eigenvalue weighted by Crippen LogP contribution is -2.41. The fourth-order valence-corrected chi connectivity index (χ4v) is 4.35. The van der Waals surface area contributed by atoms with Gasteiger partial charge in [-0.3, -0.25) is 14.4 Å². The van der Waals surface area contributed by atoms with Crippen LogP contribution in [0.3, 0.4) is 0 Å². The molecule has 0 spiro atoms. The molecular weight excluding hydrogens is 392 g/mol. The first-order valence-electron chi connectivity index (χ1n) is 10.8. The van der Waals surface area contributed by atoms with E-state index in [1.165, 1.54) is 5.56 Å². The van der Waals surface area contributed by atoms with Gasteiger partial charge in [-0.15, -0.1) is 0 Å². The predicted molar refractivity (Wildman–Crippen MR) is 120 cm³/mol. The molecule has 0 unspecified atom stereocenters. The highest BCUT2D eigenvalue weighted by molar-refractivity contribution is 5.84. The average molecular weight is 421 g/mol. The van der Waals surface area contributed by atoms with E-state index in [1.807, 2.05) is 30.1 Å². The van der Waals surface area contributed by atoms with E-state index in [4.69, 9.17) is 4.74 Å². The fourth-order valence-electron chi connectivity index (χ4n) is 4.35. The van der Waals surface area contributed by atoms with Crippen molar-refractivity contribution < 1.29 is 9.53 Å². The molecular formula is C23H28N6O2. The summed E-state index contributed by atoms with van der Waals surface area (Å²) in [6, 6.07) is 10.3. The Morgan fingerprint density at radius 1 is 1.26 bits per heavy atom. The van der Waals surface area contributed by atoms with Gasteiger partial charge in [0, 0.05) is 56.6 Å². The number of amides is 1. The van der Waals surface area contributed by atoms with Gasteiger partial charge < -0.3 is 20.4 Å². The number of benzene rings is 1. The van der Waals surface area contributed by atoms with E-state index in [0.717, 1.165) is 73.3 Å². The van der Waals surface area contributed by atoms with Crippen LogP contribution in [0.25, 0.3) is 22.5 Å². The van der Waals surface area contributed by atoms with Crippen LogP contribution in [0.15, 0.2) is 36.5 Å². The van der Waals surface area contributed by atoms with Crippen molar-refractivity contribution in [3.63, 3.8) is 0 Å². The second-order valence-corrected chi connectivity index (χ2v) is 8.15. The standard InChI is InChI=1S/C23H28N6O2/c1-28-22-18(15-26-28)14-25-23-19(22)13-20(27-23)17-4-2-3-16(11-17)12-21(30)24-5-6-29-7-9-31-10-8-29/h2-4,11,13,15,25,27H,5-10,12,14H2,1H3,(H,24,30). The van der Waals surface area contributed by atoms with Gasteiger partial charge >= 0.3 is 0 Å². The zero-order valence-corrected chi connectivity index (χ0v) is 17.8. The lowest BCUT2D eigenvalue weighted by atomic mass is 10.0. The summed E-state index contributed by atoms with van der Waals surface area (Å²) in [4.78, 5) is 18.2. The number of hydrogen-bond donors (Lipinski definition) is 3. The van der Waals surface area contributed by atoms with Gasteiger partial charge in [0.2, 0.25) is 5.91 Å². The van der Waals surface area contributed by atoms with Crippen LogP contribution in [-0.4, -0.2) is 65.0 Å². The Hall–Kier alpha value is -3.10. The first-order valence-corrected chi connectivity index (χ1v) is 10.8. The van der Waals surface area contributed by atoms with Crippen molar-refractivity contribution in [3.8, 4) is 22.5 Å². The summed E-state index contributed by atoms with van der Waals surface area (Å²) in [6.07, 6.45) is 2.29. The van der Waals surface area contributed by atoms with Crippen LogP contribution in [0.1, 0.15) is 11.1 Å². The zero-order chi connectivity index (χ0) is 21.2. The molecule has 1 saturated heterocycles. The minimum atomic E-state index is 0.0531. The average Bonchev–Trinajstić information content (AvgIpc) is 3.38. The smallest absolute Gasteiger partial charge is 0.224 e. The Bertz CT molecular complexity index is 1080. The second-order valence-electron chi connectivity index (χ2n) is 8.15. The lowest BCUT2D eigenvalue weighted by Gasteiger charge is -2.26. The van der Waals surface area contributed by atoms with E-state index in [-0.39, 0.29) is 5.91 Å². The Morgan fingerprint density at radius 2 is 2.13 bits per heavy atom.